The standard InChI is InChI=1S/C10H7N3OS2/c11-9-13(8(14)5-15-9)10-12-6-3-1-2-4-7(6)16-10/h1-4,11H,5H2. The Balaban J connectivity index is 2.12. The van der Waals surface area contributed by atoms with Gasteiger partial charge in [0.05, 0.1) is 16.0 Å². The Kier molecular flexibility index (Phi) is 2.19. The predicted octanol–water partition coefficient (Wildman–Crippen LogP) is 2.31. The van der Waals surface area contributed by atoms with Crippen LogP contribution in [0.5, 0.6) is 0 Å². The van der Waals surface area contributed by atoms with Gasteiger partial charge in [-0.3, -0.25) is 10.2 Å². The molecular weight excluding hydrogens is 242 g/mol. The topological polar surface area (TPSA) is 57.1 Å². The summed E-state index contributed by atoms with van der Waals surface area (Å²) < 4.78 is 1.04. The van der Waals surface area contributed by atoms with Crippen molar-refractivity contribution in [3.63, 3.8) is 0 Å². The summed E-state index contributed by atoms with van der Waals surface area (Å²) in [5.74, 6) is 0.281. The van der Waals surface area contributed by atoms with Crippen LogP contribution in [-0.2, 0) is 4.79 Å². The summed E-state index contributed by atoms with van der Waals surface area (Å²) in [7, 11) is 0. The number of para-hydroxylation sites is 1. The minimum Gasteiger partial charge on any atom is -0.278 e. The van der Waals surface area contributed by atoms with Gasteiger partial charge in [0.25, 0.3) is 0 Å². The second-order valence-corrected chi connectivity index (χ2v) is 5.26. The molecule has 1 fully saturated rings. The normalized spacial score (nSPS) is 16.4. The fourth-order valence-corrected chi connectivity index (χ4v) is 3.28. The molecule has 2 aromatic rings. The lowest BCUT2D eigenvalue weighted by Gasteiger charge is -2.09. The second kappa shape index (κ2) is 3.57. The highest BCUT2D eigenvalue weighted by atomic mass is 32.2. The largest absolute Gasteiger partial charge is 0.278 e. The van der Waals surface area contributed by atoms with Gasteiger partial charge in [-0.25, -0.2) is 9.88 Å². The first-order chi connectivity index (χ1) is 7.75. The fraction of sp³-hybridized carbons (Fsp3) is 0.100. The van der Waals surface area contributed by atoms with Crippen molar-refractivity contribution in [2.75, 3.05) is 10.7 Å². The van der Waals surface area contributed by atoms with Gasteiger partial charge in [-0.1, -0.05) is 35.2 Å². The van der Waals surface area contributed by atoms with E-state index in [0.717, 1.165) is 10.2 Å². The highest BCUT2D eigenvalue weighted by molar-refractivity contribution is 8.15. The molecule has 0 atom stereocenters. The van der Waals surface area contributed by atoms with Gasteiger partial charge < -0.3 is 0 Å². The molecule has 0 aliphatic carbocycles. The smallest absolute Gasteiger partial charge is 0.245 e. The quantitative estimate of drug-likeness (QED) is 0.843. The van der Waals surface area contributed by atoms with Gasteiger partial charge in [-0.2, -0.15) is 0 Å². The molecule has 1 aromatic heterocycles. The number of thioether (sulfide) groups is 1. The van der Waals surface area contributed by atoms with Crippen molar-refractivity contribution in [1.82, 2.24) is 4.98 Å². The summed E-state index contributed by atoms with van der Waals surface area (Å²) >= 11 is 2.69. The number of carbonyl (C=O) groups excluding carboxylic acids is 1. The van der Waals surface area contributed by atoms with Crippen LogP contribution in [0.1, 0.15) is 0 Å². The molecule has 1 amide bonds. The van der Waals surface area contributed by atoms with Gasteiger partial charge in [-0.05, 0) is 12.1 Å². The van der Waals surface area contributed by atoms with E-state index in [9.17, 15) is 4.79 Å². The summed E-state index contributed by atoms with van der Waals surface area (Å²) in [6.07, 6.45) is 0. The molecule has 1 N–H and O–H groups in total. The third kappa shape index (κ3) is 1.42. The molecule has 4 nitrogen and oxygen atoms in total. The molecule has 1 aliphatic rings. The number of nitrogens with one attached hydrogen (secondary N) is 1. The molecular formula is C10H7N3OS2. The van der Waals surface area contributed by atoms with Crippen LogP contribution >= 0.6 is 23.1 Å². The summed E-state index contributed by atoms with van der Waals surface area (Å²) in [6, 6.07) is 7.73. The highest BCUT2D eigenvalue weighted by Gasteiger charge is 2.30. The Hall–Kier alpha value is -1.40. The lowest BCUT2D eigenvalue weighted by Crippen LogP contribution is -2.28. The maximum atomic E-state index is 11.6. The van der Waals surface area contributed by atoms with Gasteiger partial charge in [-0.15, -0.1) is 0 Å². The van der Waals surface area contributed by atoms with Crippen molar-refractivity contribution in [2.24, 2.45) is 0 Å². The van der Waals surface area contributed by atoms with E-state index in [4.69, 9.17) is 5.41 Å². The van der Waals surface area contributed by atoms with E-state index in [2.05, 4.69) is 4.98 Å². The number of rotatable bonds is 1. The van der Waals surface area contributed by atoms with Crippen molar-refractivity contribution in [3.8, 4) is 0 Å². The van der Waals surface area contributed by atoms with Crippen LogP contribution in [0.3, 0.4) is 0 Å². The van der Waals surface area contributed by atoms with Crippen LogP contribution in [0.15, 0.2) is 24.3 Å². The molecule has 3 rings (SSSR count). The number of amidine groups is 1. The van der Waals surface area contributed by atoms with Crippen molar-refractivity contribution < 1.29 is 4.79 Å². The maximum Gasteiger partial charge on any atom is 0.245 e. The van der Waals surface area contributed by atoms with Crippen LogP contribution in [0.4, 0.5) is 5.13 Å². The van der Waals surface area contributed by atoms with Crippen LogP contribution in [-0.4, -0.2) is 21.8 Å². The third-order valence-electron chi connectivity index (χ3n) is 2.26. The van der Waals surface area contributed by atoms with E-state index in [-0.39, 0.29) is 11.1 Å². The van der Waals surface area contributed by atoms with E-state index in [1.54, 1.807) is 0 Å². The number of carbonyl (C=O) groups is 1. The molecule has 0 bridgehead atoms. The SMILES string of the molecule is N=C1SCC(=O)N1c1nc2ccccc2s1. The molecule has 1 aromatic carbocycles. The van der Waals surface area contributed by atoms with Crippen LogP contribution in [0, 0.1) is 5.41 Å². The highest BCUT2D eigenvalue weighted by Crippen LogP contribution is 2.32. The Morgan fingerprint density at radius 2 is 2.19 bits per heavy atom. The molecule has 16 heavy (non-hydrogen) atoms. The van der Waals surface area contributed by atoms with Crippen LogP contribution in [0.2, 0.25) is 0 Å². The van der Waals surface area contributed by atoms with Crippen molar-refractivity contribution in [2.45, 2.75) is 0 Å². The molecule has 1 aliphatic heterocycles. The number of fused-ring (bicyclic) bond motifs is 1. The fourth-order valence-electron chi connectivity index (χ4n) is 1.52. The van der Waals surface area contributed by atoms with Gasteiger partial charge in [0, 0.05) is 0 Å². The van der Waals surface area contributed by atoms with Crippen LogP contribution < -0.4 is 4.90 Å². The average molecular weight is 249 g/mol. The molecule has 2 heterocycles. The van der Waals surface area contributed by atoms with Gasteiger partial charge >= 0.3 is 0 Å². The van der Waals surface area contributed by atoms with E-state index >= 15 is 0 Å². The van der Waals surface area contributed by atoms with E-state index in [1.807, 2.05) is 24.3 Å². The number of benzene rings is 1. The molecule has 80 valence electrons. The first-order valence-corrected chi connectivity index (χ1v) is 6.46. The number of hydrogen-bond acceptors (Lipinski definition) is 5. The van der Waals surface area contributed by atoms with E-state index < -0.39 is 0 Å². The second-order valence-electron chi connectivity index (χ2n) is 3.29. The van der Waals surface area contributed by atoms with Crippen molar-refractivity contribution in [1.29, 1.82) is 5.41 Å². The Morgan fingerprint density at radius 3 is 2.88 bits per heavy atom. The number of anilines is 1. The Labute approximate surface area is 99.8 Å². The van der Waals surface area contributed by atoms with Crippen LogP contribution in [0.25, 0.3) is 10.2 Å². The number of thiazole rings is 1. The zero-order valence-corrected chi connectivity index (χ0v) is 9.77. The Bertz CT molecular complexity index is 544. The van der Waals surface area contributed by atoms with Crippen molar-refractivity contribution >= 4 is 49.5 Å². The summed E-state index contributed by atoms with van der Waals surface area (Å²) in [4.78, 5) is 17.3. The van der Waals surface area contributed by atoms with Gasteiger partial charge in [0.15, 0.2) is 10.3 Å². The number of aromatic nitrogens is 1. The zero-order chi connectivity index (χ0) is 11.1. The summed E-state index contributed by atoms with van der Waals surface area (Å²) in [6.45, 7) is 0. The number of amides is 1. The monoisotopic (exact) mass is 249 g/mol. The Morgan fingerprint density at radius 1 is 1.38 bits per heavy atom. The zero-order valence-electron chi connectivity index (χ0n) is 8.14. The molecule has 1 saturated heterocycles. The molecule has 0 radical (unpaired) electrons. The average Bonchev–Trinajstić information content (AvgIpc) is 2.82. The molecule has 6 heteroatoms. The number of nitrogens with zero attached hydrogens (tertiary/aromatic N) is 2. The molecule has 0 unspecified atom stereocenters. The minimum atomic E-state index is -0.0611. The van der Waals surface area contributed by atoms with Crippen molar-refractivity contribution in [3.05, 3.63) is 24.3 Å². The van der Waals surface area contributed by atoms with Gasteiger partial charge in [0.2, 0.25) is 5.91 Å². The summed E-state index contributed by atoms with van der Waals surface area (Å²) in [5.41, 5.74) is 0.875. The minimum absolute atomic E-state index is 0.0611. The lowest BCUT2D eigenvalue weighted by atomic mass is 10.3. The van der Waals surface area contributed by atoms with E-state index in [1.165, 1.54) is 28.0 Å². The first kappa shape index (κ1) is 9.80. The maximum absolute atomic E-state index is 11.6. The lowest BCUT2D eigenvalue weighted by molar-refractivity contribution is -0.115. The summed E-state index contributed by atoms with van der Waals surface area (Å²) in [5, 5.41) is 8.55. The number of hydrogen-bond donors (Lipinski definition) is 1. The first-order valence-electron chi connectivity index (χ1n) is 4.65. The molecule has 0 spiro atoms. The van der Waals surface area contributed by atoms with Gasteiger partial charge in [0.1, 0.15) is 0 Å². The predicted molar refractivity (Wildman–Crippen MR) is 67.3 cm³/mol. The third-order valence-corrected chi connectivity index (χ3v) is 4.13. The van der Waals surface area contributed by atoms with E-state index in [0.29, 0.717) is 10.9 Å². The molecule has 0 saturated carbocycles.